The van der Waals surface area contributed by atoms with Crippen molar-refractivity contribution in [2.75, 3.05) is 0 Å². The van der Waals surface area contributed by atoms with Gasteiger partial charge in [0.15, 0.2) is 0 Å². The highest BCUT2D eigenvalue weighted by Crippen LogP contribution is 2.36. The van der Waals surface area contributed by atoms with Crippen molar-refractivity contribution >= 4 is 5.97 Å². The van der Waals surface area contributed by atoms with E-state index in [1.54, 1.807) is 19.9 Å². The van der Waals surface area contributed by atoms with Gasteiger partial charge in [0.2, 0.25) is 0 Å². The van der Waals surface area contributed by atoms with Crippen molar-refractivity contribution in [2.24, 2.45) is 11.8 Å². The SMILES string of the molecule is C/C1=C\C[C@H](O)/C(C)=C/[C@@H](O)[C@H]2[C@H](C1)OC(=O)[C@@H]2C. The molecule has 0 radical (unpaired) electrons. The summed E-state index contributed by atoms with van der Waals surface area (Å²) in [7, 11) is 0. The largest absolute Gasteiger partial charge is 0.461 e. The summed E-state index contributed by atoms with van der Waals surface area (Å²) in [6.45, 7) is 5.56. The van der Waals surface area contributed by atoms with E-state index in [2.05, 4.69) is 0 Å². The fraction of sp³-hybridized carbons (Fsp3) is 0.667. The van der Waals surface area contributed by atoms with E-state index < -0.39 is 12.2 Å². The molecule has 2 rings (SSSR count). The monoisotopic (exact) mass is 266 g/mol. The Hall–Kier alpha value is -1.13. The standard InChI is InChI=1S/C15H22O4/c1-8-4-5-11(16)9(2)7-12(17)14-10(3)15(18)19-13(14)6-8/h4,7,10-14,16-17H,5-6H2,1-3H3/b8-4+,9-7+/t10-,11+,12-,13+,14+/m1/s1. The van der Waals surface area contributed by atoms with Gasteiger partial charge in [-0.3, -0.25) is 4.79 Å². The lowest BCUT2D eigenvalue weighted by Crippen LogP contribution is -2.32. The van der Waals surface area contributed by atoms with Gasteiger partial charge >= 0.3 is 5.97 Å². The number of hydrogen-bond donors (Lipinski definition) is 2. The van der Waals surface area contributed by atoms with Gasteiger partial charge in [0.05, 0.1) is 18.1 Å². The van der Waals surface area contributed by atoms with Crippen LogP contribution >= 0.6 is 0 Å². The van der Waals surface area contributed by atoms with Crippen LogP contribution in [0.5, 0.6) is 0 Å². The molecule has 1 heterocycles. The molecular formula is C15H22O4. The molecule has 4 nitrogen and oxygen atoms in total. The van der Waals surface area contributed by atoms with Crippen molar-refractivity contribution in [2.45, 2.75) is 51.9 Å². The molecule has 1 aliphatic carbocycles. The Morgan fingerprint density at radius 1 is 1.32 bits per heavy atom. The van der Waals surface area contributed by atoms with Crippen molar-refractivity contribution < 1.29 is 19.7 Å². The van der Waals surface area contributed by atoms with E-state index in [1.807, 2.05) is 13.0 Å². The van der Waals surface area contributed by atoms with Crippen molar-refractivity contribution in [3.05, 3.63) is 23.3 Å². The topological polar surface area (TPSA) is 66.8 Å². The summed E-state index contributed by atoms with van der Waals surface area (Å²) < 4.78 is 5.38. The van der Waals surface area contributed by atoms with Crippen LogP contribution in [0.15, 0.2) is 23.3 Å². The summed E-state index contributed by atoms with van der Waals surface area (Å²) in [4.78, 5) is 11.7. The number of ether oxygens (including phenoxy) is 1. The summed E-state index contributed by atoms with van der Waals surface area (Å²) in [6.07, 6.45) is 3.19. The number of carbonyl (C=O) groups excluding carboxylic acids is 1. The zero-order valence-electron chi connectivity index (χ0n) is 11.7. The Labute approximate surface area is 113 Å². The molecule has 0 bridgehead atoms. The van der Waals surface area contributed by atoms with Crippen LogP contribution < -0.4 is 0 Å². The minimum absolute atomic E-state index is 0.240. The highest BCUT2D eigenvalue weighted by molar-refractivity contribution is 5.75. The Morgan fingerprint density at radius 3 is 2.68 bits per heavy atom. The van der Waals surface area contributed by atoms with Gasteiger partial charge in [0.1, 0.15) is 6.10 Å². The molecule has 2 N–H and O–H groups in total. The minimum atomic E-state index is -0.757. The van der Waals surface area contributed by atoms with E-state index >= 15 is 0 Å². The Morgan fingerprint density at radius 2 is 2.00 bits per heavy atom. The van der Waals surface area contributed by atoms with E-state index in [0.29, 0.717) is 12.8 Å². The second kappa shape index (κ2) is 5.47. The Balaban J connectivity index is 2.34. The van der Waals surface area contributed by atoms with Crippen LogP contribution in [0.1, 0.15) is 33.6 Å². The molecule has 4 heteroatoms. The molecule has 0 saturated carbocycles. The Kier molecular flexibility index (Phi) is 4.11. The quantitative estimate of drug-likeness (QED) is 0.516. The van der Waals surface area contributed by atoms with Crippen LogP contribution in [0.25, 0.3) is 0 Å². The molecule has 1 fully saturated rings. The van der Waals surface area contributed by atoms with Gasteiger partial charge in [-0.1, -0.05) is 24.6 Å². The van der Waals surface area contributed by atoms with Crippen LogP contribution in [-0.2, 0) is 9.53 Å². The first-order valence-corrected chi connectivity index (χ1v) is 6.80. The summed E-state index contributed by atoms with van der Waals surface area (Å²) in [6, 6.07) is 0. The van der Waals surface area contributed by atoms with E-state index in [1.165, 1.54) is 0 Å². The molecule has 0 amide bonds. The smallest absolute Gasteiger partial charge is 0.309 e. The van der Waals surface area contributed by atoms with E-state index in [4.69, 9.17) is 4.74 Å². The number of aliphatic hydroxyl groups is 2. The van der Waals surface area contributed by atoms with E-state index in [0.717, 1.165) is 11.1 Å². The predicted molar refractivity (Wildman–Crippen MR) is 71.3 cm³/mol. The molecular weight excluding hydrogens is 244 g/mol. The number of esters is 1. The van der Waals surface area contributed by atoms with Crippen LogP contribution in [0.3, 0.4) is 0 Å². The van der Waals surface area contributed by atoms with Gasteiger partial charge in [-0.25, -0.2) is 0 Å². The zero-order chi connectivity index (χ0) is 14.2. The third-order valence-corrected chi connectivity index (χ3v) is 4.21. The second-order valence-electron chi connectivity index (χ2n) is 5.75. The molecule has 2 aliphatic rings. The summed E-state index contributed by atoms with van der Waals surface area (Å²) in [5.41, 5.74) is 1.82. The molecule has 0 spiro atoms. The van der Waals surface area contributed by atoms with Crippen LogP contribution in [0, 0.1) is 11.8 Å². The van der Waals surface area contributed by atoms with E-state index in [9.17, 15) is 15.0 Å². The van der Waals surface area contributed by atoms with Gasteiger partial charge in [0.25, 0.3) is 0 Å². The third-order valence-electron chi connectivity index (χ3n) is 4.21. The summed E-state index contributed by atoms with van der Waals surface area (Å²) in [5, 5.41) is 20.3. The molecule has 0 aromatic heterocycles. The molecule has 5 atom stereocenters. The average molecular weight is 266 g/mol. The molecule has 0 unspecified atom stereocenters. The van der Waals surface area contributed by atoms with Crippen molar-refractivity contribution in [1.29, 1.82) is 0 Å². The maximum absolute atomic E-state index is 11.7. The van der Waals surface area contributed by atoms with Gasteiger partial charge in [-0.2, -0.15) is 0 Å². The summed E-state index contributed by atoms with van der Waals surface area (Å²) in [5.74, 6) is -0.794. The Bertz CT molecular complexity index is 424. The van der Waals surface area contributed by atoms with Gasteiger partial charge < -0.3 is 14.9 Å². The second-order valence-corrected chi connectivity index (χ2v) is 5.75. The molecule has 1 saturated heterocycles. The molecule has 19 heavy (non-hydrogen) atoms. The van der Waals surface area contributed by atoms with Gasteiger partial charge in [0, 0.05) is 12.3 Å². The number of aliphatic hydroxyl groups excluding tert-OH is 2. The maximum Gasteiger partial charge on any atom is 0.309 e. The minimum Gasteiger partial charge on any atom is -0.461 e. The van der Waals surface area contributed by atoms with E-state index in [-0.39, 0.29) is 23.9 Å². The fourth-order valence-corrected chi connectivity index (χ4v) is 2.90. The van der Waals surface area contributed by atoms with Crippen LogP contribution in [0.4, 0.5) is 0 Å². The van der Waals surface area contributed by atoms with Gasteiger partial charge in [-0.05, 0) is 25.8 Å². The summed E-state index contributed by atoms with van der Waals surface area (Å²) >= 11 is 0. The third kappa shape index (κ3) is 2.90. The lowest BCUT2D eigenvalue weighted by molar-refractivity contribution is -0.143. The normalized spacial score (nSPS) is 45.5. The first-order valence-electron chi connectivity index (χ1n) is 6.80. The highest BCUT2D eigenvalue weighted by atomic mass is 16.6. The first-order chi connectivity index (χ1) is 8.90. The average Bonchev–Trinajstić information content (AvgIpc) is 2.60. The number of rotatable bonds is 0. The number of hydrogen-bond acceptors (Lipinski definition) is 4. The zero-order valence-corrected chi connectivity index (χ0v) is 11.7. The first kappa shape index (κ1) is 14.3. The van der Waals surface area contributed by atoms with Crippen LogP contribution in [0.2, 0.25) is 0 Å². The lowest BCUT2D eigenvalue weighted by Gasteiger charge is -2.25. The van der Waals surface area contributed by atoms with Crippen LogP contribution in [-0.4, -0.2) is 34.5 Å². The van der Waals surface area contributed by atoms with Crippen molar-refractivity contribution in [1.82, 2.24) is 0 Å². The molecule has 1 aliphatic heterocycles. The molecule has 106 valence electrons. The van der Waals surface area contributed by atoms with Crippen molar-refractivity contribution in [3.63, 3.8) is 0 Å². The maximum atomic E-state index is 11.7. The molecule has 0 aromatic rings. The number of carbonyl (C=O) groups is 1. The number of fused-ring (bicyclic) bond motifs is 1. The predicted octanol–water partition coefficient (Wildman–Crippen LogP) is 1.57. The fourth-order valence-electron chi connectivity index (χ4n) is 2.90. The lowest BCUT2D eigenvalue weighted by atomic mass is 9.82. The van der Waals surface area contributed by atoms with Gasteiger partial charge in [-0.15, -0.1) is 0 Å². The van der Waals surface area contributed by atoms with Crippen molar-refractivity contribution in [3.8, 4) is 0 Å². The highest BCUT2D eigenvalue weighted by Gasteiger charge is 2.45. The molecule has 0 aromatic carbocycles.